The number of aromatic nitrogens is 1. The smallest absolute Gasteiger partial charge is 0.269 e. The van der Waals surface area contributed by atoms with Crippen LogP contribution >= 0.6 is 0 Å². The molecule has 1 heterocycles. The molecular weight excluding hydrogens is 250 g/mol. The second-order valence-corrected chi connectivity index (χ2v) is 7.12. The van der Waals surface area contributed by atoms with E-state index in [1.165, 1.54) is 25.3 Å². The van der Waals surface area contributed by atoms with Crippen molar-refractivity contribution in [1.29, 1.82) is 5.26 Å². The van der Waals surface area contributed by atoms with E-state index < -0.39 is 0 Å². The molecule has 4 aliphatic carbocycles. The topological polar surface area (TPSA) is 71.8 Å². The molecule has 1 aromatic heterocycles. The number of hydrogen-bond acceptors (Lipinski definition) is 3. The zero-order valence-corrected chi connectivity index (χ0v) is 11.5. The van der Waals surface area contributed by atoms with Crippen LogP contribution in [0.2, 0.25) is 0 Å². The van der Waals surface area contributed by atoms with Crippen molar-refractivity contribution in [2.45, 2.75) is 44.1 Å². The van der Waals surface area contributed by atoms with Gasteiger partial charge in [-0.3, -0.25) is 4.79 Å². The fourth-order valence-electron chi connectivity index (χ4n) is 5.40. The maximum absolute atomic E-state index is 12.6. The molecule has 0 spiro atoms. The zero-order valence-electron chi connectivity index (χ0n) is 11.5. The van der Waals surface area contributed by atoms with Crippen molar-refractivity contribution in [2.75, 3.05) is 5.73 Å². The van der Waals surface area contributed by atoms with E-state index in [4.69, 9.17) is 11.0 Å². The minimum Gasteiger partial charge on any atom is -0.398 e. The largest absolute Gasteiger partial charge is 0.398 e. The normalized spacial score (nSPS) is 37.9. The van der Waals surface area contributed by atoms with E-state index in [0.717, 1.165) is 37.0 Å². The van der Waals surface area contributed by atoms with Gasteiger partial charge in [-0.1, -0.05) is 0 Å². The first-order valence-corrected chi connectivity index (χ1v) is 7.52. The molecule has 0 atom stereocenters. The molecule has 0 radical (unpaired) electrons. The van der Waals surface area contributed by atoms with Gasteiger partial charge in [0.05, 0.1) is 0 Å². The highest BCUT2D eigenvalue weighted by Gasteiger charge is 2.52. The zero-order chi connectivity index (χ0) is 13.9. The Bertz CT molecular complexity index is 632. The molecule has 0 saturated heterocycles. The first-order chi connectivity index (χ1) is 9.59. The average Bonchev–Trinajstić information content (AvgIpc) is 2.39. The first-order valence-electron chi connectivity index (χ1n) is 7.52. The number of anilines is 1. The summed E-state index contributed by atoms with van der Waals surface area (Å²) in [6.07, 6.45) is 9.05. The summed E-state index contributed by atoms with van der Waals surface area (Å²) in [6.45, 7) is 0. The van der Waals surface area contributed by atoms with E-state index in [2.05, 4.69) is 0 Å². The van der Waals surface area contributed by atoms with Crippen LogP contribution in [0.1, 0.15) is 44.1 Å². The van der Waals surface area contributed by atoms with Gasteiger partial charge in [0.25, 0.3) is 5.56 Å². The predicted molar refractivity (Wildman–Crippen MR) is 76.0 cm³/mol. The van der Waals surface area contributed by atoms with Gasteiger partial charge in [-0.2, -0.15) is 5.26 Å². The summed E-state index contributed by atoms with van der Waals surface area (Å²) < 4.78 is 1.82. The van der Waals surface area contributed by atoms with Crippen molar-refractivity contribution in [2.24, 2.45) is 17.8 Å². The van der Waals surface area contributed by atoms with Crippen molar-refractivity contribution >= 4 is 5.69 Å². The van der Waals surface area contributed by atoms with Crippen LogP contribution < -0.4 is 11.3 Å². The van der Waals surface area contributed by atoms with Crippen molar-refractivity contribution in [3.05, 3.63) is 28.2 Å². The molecule has 5 rings (SSSR count). The Morgan fingerprint density at radius 3 is 2.25 bits per heavy atom. The monoisotopic (exact) mass is 269 g/mol. The van der Waals surface area contributed by atoms with Gasteiger partial charge in [0, 0.05) is 17.4 Å². The highest BCUT2D eigenvalue weighted by Crippen LogP contribution is 2.58. The Hall–Kier alpha value is -1.76. The van der Waals surface area contributed by atoms with Crippen LogP contribution in [-0.2, 0) is 5.54 Å². The summed E-state index contributed by atoms with van der Waals surface area (Å²) in [6, 6.07) is 3.49. The molecule has 2 N–H and O–H groups in total. The number of hydrogen-bond donors (Lipinski definition) is 1. The van der Waals surface area contributed by atoms with Crippen LogP contribution in [0.5, 0.6) is 0 Å². The van der Waals surface area contributed by atoms with E-state index in [-0.39, 0.29) is 16.7 Å². The lowest BCUT2D eigenvalue weighted by Gasteiger charge is -2.57. The van der Waals surface area contributed by atoms with Crippen LogP contribution in [0.4, 0.5) is 5.69 Å². The minimum atomic E-state index is -0.149. The second-order valence-electron chi connectivity index (χ2n) is 7.12. The van der Waals surface area contributed by atoms with E-state index in [9.17, 15) is 4.79 Å². The van der Waals surface area contributed by atoms with Crippen molar-refractivity contribution in [1.82, 2.24) is 4.57 Å². The average molecular weight is 269 g/mol. The number of rotatable bonds is 1. The van der Waals surface area contributed by atoms with Crippen LogP contribution in [0.3, 0.4) is 0 Å². The molecule has 0 unspecified atom stereocenters. The molecular formula is C16H19N3O. The lowest BCUT2D eigenvalue weighted by molar-refractivity contribution is -0.0448. The summed E-state index contributed by atoms with van der Waals surface area (Å²) >= 11 is 0. The van der Waals surface area contributed by atoms with Crippen LogP contribution in [0, 0.1) is 29.1 Å². The molecule has 20 heavy (non-hydrogen) atoms. The summed E-state index contributed by atoms with van der Waals surface area (Å²) in [7, 11) is 0. The van der Waals surface area contributed by atoms with Gasteiger partial charge in [0.2, 0.25) is 0 Å². The third-order valence-electron chi connectivity index (χ3n) is 5.68. The summed E-state index contributed by atoms with van der Waals surface area (Å²) in [5.41, 5.74) is 6.41. The number of pyridine rings is 1. The number of nitriles is 1. The molecule has 0 aromatic carbocycles. The maximum atomic E-state index is 12.6. The molecule has 4 bridgehead atoms. The second kappa shape index (κ2) is 3.88. The molecule has 104 valence electrons. The highest BCUT2D eigenvalue weighted by atomic mass is 16.1. The third-order valence-corrected chi connectivity index (χ3v) is 5.68. The molecule has 0 aliphatic heterocycles. The lowest BCUT2D eigenvalue weighted by atomic mass is 9.53. The maximum Gasteiger partial charge on any atom is 0.269 e. The number of nitrogens with zero attached hydrogens (tertiary/aromatic N) is 2. The van der Waals surface area contributed by atoms with Crippen molar-refractivity contribution in [3.63, 3.8) is 0 Å². The van der Waals surface area contributed by atoms with E-state index in [0.29, 0.717) is 5.69 Å². The van der Waals surface area contributed by atoms with Gasteiger partial charge < -0.3 is 10.3 Å². The van der Waals surface area contributed by atoms with Gasteiger partial charge in [-0.25, -0.2) is 0 Å². The molecule has 4 fully saturated rings. The minimum absolute atomic E-state index is 0.0627. The van der Waals surface area contributed by atoms with Gasteiger partial charge in [0.1, 0.15) is 11.6 Å². The number of nitrogens with two attached hydrogens (primary N) is 1. The van der Waals surface area contributed by atoms with Crippen LogP contribution in [0.25, 0.3) is 0 Å². The van der Waals surface area contributed by atoms with Crippen molar-refractivity contribution < 1.29 is 0 Å². The van der Waals surface area contributed by atoms with Gasteiger partial charge in [0.15, 0.2) is 0 Å². The summed E-state index contributed by atoms with van der Waals surface area (Å²) in [4.78, 5) is 12.6. The van der Waals surface area contributed by atoms with Crippen molar-refractivity contribution in [3.8, 4) is 6.07 Å². The lowest BCUT2D eigenvalue weighted by Crippen LogP contribution is -2.54. The molecule has 4 heteroatoms. The highest BCUT2D eigenvalue weighted by molar-refractivity contribution is 5.43. The van der Waals surface area contributed by atoms with Crippen LogP contribution in [-0.4, -0.2) is 4.57 Å². The Morgan fingerprint density at radius 1 is 1.20 bits per heavy atom. The molecule has 1 aromatic rings. The van der Waals surface area contributed by atoms with Gasteiger partial charge >= 0.3 is 0 Å². The summed E-state index contributed by atoms with van der Waals surface area (Å²) in [5, 5.41) is 9.13. The van der Waals surface area contributed by atoms with E-state index in [1.807, 2.05) is 10.6 Å². The SMILES string of the molecule is N#Cc1cc(N)cn(C23CC4CC(CC(C4)C2)C3)c1=O. The molecule has 4 nitrogen and oxygen atoms in total. The predicted octanol–water partition coefficient (Wildman–Crippen LogP) is 2.23. The summed E-state index contributed by atoms with van der Waals surface area (Å²) in [5.74, 6) is 2.29. The fraction of sp³-hybridized carbons (Fsp3) is 0.625. The molecule has 4 saturated carbocycles. The molecule has 4 aliphatic rings. The van der Waals surface area contributed by atoms with E-state index >= 15 is 0 Å². The first kappa shape index (κ1) is 12.0. The van der Waals surface area contributed by atoms with Crippen LogP contribution in [0.15, 0.2) is 17.1 Å². The standard InChI is InChI=1S/C16H19N3O/c17-8-13-4-14(18)9-19(15(13)20)16-5-10-1-11(6-16)3-12(2-10)7-16/h4,9-12H,1-3,5-7,18H2. The Morgan fingerprint density at radius 2 is 1.75 bits per heavy atom. The Balaban J connectivity index is 1.87. The third kappa shape index (κ3) is 1.56. The quantitative estimate of drug-likeness (QED) is 0.849. The Labute approximate surface area is 118 Å². The van der Waals surface area contributed by atoms with Gasteiger partial charge in [-0.15, -0.1) is 0 Å². The molecule has 0 amide bonds. The Kier molecular flexibility index (Phi) is 2.33. The fourth-order valence-corrected chi connectivity index (χ4v) is 5.40. The number of nitrogen functional groups attached to an aromatic ring is 1. The van der Waals surface area contributed by atoms with E-state index in [1.54, 1.807) is 6.20 Å². The van der Waals surface area contributed by atoms with Gasteiger partial charge in [-0.05, 0) is 62.3 Å².